The average molecular weight is 759 g/mol. The van der Waals surface area contributed by atoms with E-state index in [1.54, 1.807) is 0 Å². The molecule has 11 atom stereocenters. The van der Waals surface area contributed by atoms with Gasteiger partial charge in [-0.25, -0.2) is 0 Å². The molecule has 6 rings (SSSR count). The van der Waals surface area contributed by atoms with Gasteiger partial charge in [0.1, 0.15) is 6.10 Å². The maximum Gasteiger partial charge on any atom is 0.306 e. The summed E-state index contributed by atoms with van der Waals surface area (Å²) in [6, 6.07) is 0. The lowest BCUT2D eigenvalue weighted by Crippen LogP contribution is -2.44. The van der Waals surface area contributed by atoms with Crippen molar-refractivity contribution in [3.05, 3.63) is 0 Å². The molecule has 0 spiro atoms. The SMILES string of the molecule is C.CC(C)(C)[Si](C)(C)OC[C@H]1C(OC2CCCCO2)C[C@@H]2OC(=O)C[C@@H]21.CC(C)(C)[Si](C)(C)OC[C@H]1C(OC2CCCCO2)C[C@@H]2OC(O)C[C@@H]21. The topological polar surface area (TPSA) is 111 Å². The van der Waals surface area contributed by atoms with Crippen molar-refractivity contribution in [3.8, 4) is 0 Å². The van der Waals surface area contributed by atoms with Crippen LogP contribution in [0.4, 0.5) is 0 Å². The Kier molecular flexibility index (Phi) is 14.9. The molecule has 6 aliphatic rings. The van der Waals surface area contributed by atoms with E-state index in [1.165, 1.54) is 6.42 Å². The lowest BCUT2D eigenvalue weighted by molar-refractivity contribution is -0.201. The maximum absolute atomic E-state index is 11.7. The summed E-state index contributed by atoms with van der Waals surface area (Å²) in [4.78, 5) is 11.7. The first-order valence-corrected chi connectivity index (χ1v) is 25.5. The summed E-state index contributed by atoms with van der Waals surface area (Å²) in [6.07, 6.45) is 8.77. The Morgan fingerprint density at radius 3 is 1.63 bits per heavy atom. The fraction of sp³-hybridized carbons (Fsp3) is 0.974. The summed E-state index contributed by atoms with van der Waals surface area (Å²) in [6.45, 7) is 25.6. The quantitative estimate of drug-likeness (QED) is 0.173. The smallest absolute Gasteiger partial charge is 0.306 e. The van der Waals surface area contributed by atoms with Gasteiger partial charge in [-0.1, -0.05) is 49.0 Å². The van der Waals surface area contributed by atoms with E-state index in [4.69, 9.17) is 37.3 Å². The van der Waals surface area contributed by atoms with Crippen LogP contribution in [0.1, 0.15) is 113 Å². The highest BCUT2D eigenvalue weighted by Crippen LogP contribution is 2.47. The van der Waals surface area contributed by atoms with E-state index in [-0.39, 0.29) is 78.2 Å². The third-order valence-electron chi connectivity index (χ3n) is 13.2. The van der Waals surface area contributed by atoms with Crippen molar-refractivity contribution < 1.29 is 47.2 Å². The highest BCUT2D eigenvalue weighted by atomic mass is 28.4. The molecule has 10 nitrogen and oxygen atoms in total. The molecule has 1 N–H and O–H groups in total. The third kappa shape index (κ3) is 10.9. The van der Waals surface area contributed by atoms with E-state index in [2.05, 4.69) is 67.7 Å². The molecule has 4 heterocycles. The minimum Gasteiger partial charge on any atom is -0.462 e. The summed E-state index contributed by atoms with van der Waals surface area (Å²) in [5.41, 5.74) is 0. The Balaban J connectivity index is 0.000000224. The third-order valence-corrected chi connectivity index (χ3v) is 22.2. The Labute approximate surface area is 311 Å². The van der Waals surface area contributed by atoms with Crippen LogP contribution in [-0.2, 0) is 42.1 Å². The van der Waals surface area contributed by atoms with Crippen LogP contribution in [-0.4, -0.2) is 97.4 Å². The van der Waals surface area contributed by atoms with Crippen molar-refractivity contribution in [2.24, 2.45) is 23.7 Å². The number of carbonyl (C=O) groups excluding carboxylic acids is 1. The van der Waals surface area contributed by atoms with Gasteiger partial charge in [0, 0.05) is 63.4 Å². The number of ether oxygens (including phenoxy) is 6. The summed E-state index contributed by atoms with van der Waals surface area (Å²) in [5, 5.41) is 10.3. The van der Waals surface area contributed by atoms with Crippen molar-refractivity contribution in [2.75, 3.05) is 26.4 Å². The molecule has 4 aliphatic heterocycles. The van der Waals surface area contributed by atoms with Gasteiger partial charge in [0.2, 0.25) is 0 Å². The van der Waals surface area contributed by atoms with Gasteiger partial charge in [0.15, 0.2) is 35.5 Å². The van der Waals surface area contributed by atoms with Crippen molar-refractivity contribution in [2.45, 2.75) is 193 Å². The molecule has 51 heavy (non-hydrogen) atoms. The Hall–Kier alpha value is -0.416. The Morgan fingerprint density at radius 1 is 0.706 bits per heavy atom. The molecule has 2 aliphatic carbocycles. The normalized spacial score (nSPS) is 37.2. The summed E-state index contributed by atoms with van der Waals surface area (Å²) in [5.74, 6) is 0.983. The molecular weight excluding hydrogens is 685 g/mol. The van der Waals surface area contributed by atoms with Crippen LogP contribution in [0.25, 0.3) is 0 Å². The second-order valence-corrected chi connectivity index (χ2v) is 28.4. The van der Waals surface area contributed by atoms with Gasteiger partial charge >= 0.3 is 5.97 Å². The van der Waals surface area contributed by atoms with Crippen LogP contribution < -0.4 is 0 Å². The minimum absolute atomic E-state index is 0. The van der Waals surface area contributed by atoms with Crippen LogP contribution >= 0.6 is 0 Å². The Bertz CT molecular complexity index is 1090. The Morgan fingerprint density at radius 2 is 1.18 bits per heavy atom. The van der Waals surface area contributed by atoms with Gasteiger partial charge in [-0.15, -0.1) is 0 Å². The second-order valence-electron chi connectivity index (χ2n) is 18.8. The number of hydrogen-bond acceptors (Lipinski definition) is 10. The van der Waals surface area contributed by atoms with Gasteiger partial charge in [0.25, 0.3) is 0 Å². The molecule has 0 aromatic rings. The molecule has 12 heteroatoms. The molecule has 0 bridgehead atoms. The molecule has 0 radical (unpaired) electrons. The molecule has 4 saturated heterocycles. The molecule has 5 unspecified atom stereocenters. The van der Waals surface area contributed by atoms with Gasteiger partial charge in [-0.05, 0) is 80.7 Å². The van der Waals surface area contributed by atoms with Crippen LogP contribution in [0.2, 0.25) is 36.3 Å². The number of fused-ring (bicyclic) bond motifs is 2. The number of aliphatic hydroxyl groups excluding tert-OH is 1. The first kappa shape index (κ1) is 43.3. The number of rotatable bonds is 10. The van der Waals surface area contributed by atoms with Crippen molar-refractivity contribution in [1.29, 1.82) is 0 Å². The molecule has 6 fully saturated rings. The number of carbonyl (C=O) groups is 1. The van der Waals surface area contributed by atoms with Crippen molar-refractivity contribution >= 4 is 22.6 Å². The molecule has 2 saturated carbocycles. The predicted molar refractivity (Wildman–Crippen MR) is 203 cm³/mol. The number of aliphatic hydroxyl groups is 1. The second kappa shape index (κ2) is 17.6. The standard InChI is InChI=1S/C19H36O5Si.C19H34O5Si.CH4/c2*1-19(2,3)25(4,5)22-12-14-13-10-17(20)23-15(13)11-16(14)24-18-8-6-7-9-21-18;/h13-18,20H,6-12H2,1-5H3;13-16,18H,6-12H2,1-5H3;1H4/t13-,14-,15+,16?,17?,18?;13-,14-,15+,16?,18?;/m11./s1. The van der Waals surface area contributed by atoms with E-state index in [0.29, 0.717) is 32.0 Å². The molecule has 0 aromatic carbocycles. The maximum atomic E-state index is 11.7. The fourth-order valence-electron chi connectivity index (χ4n) is 7.90. The van der Waals surface area contributed by atoms with E-state index in [1.807, 2.05) is 0 Å². The highest BCUT2D eigenvalue weighted by Gasteiger charge is 2.53. The van der Waals surface area contributed by atoms with Crippen LogP contribution in [0.5, 0.6) is 0 Å². The van der Waals surface area contributed by atoms with E-state index >= 15 is 0 Å². The van der Waals surface area contributed by atoms with Gasteiger partial charge in [-0.3, -0.25) is 4.79 Å². The lowest BCUT2D eigenvalue weighted by Gasteiger charge is -2.38. The first-order chi connectivity index (χ1) is 23.3. The zero-order chi connectivity index (χ0) is 36.5. The van der Waals surface area contributed by atoms with E-state index in [0.717, 1.165) is 58.2 Å². The monoisotopic (exact) mass is 758 g/mol. The predicted octanol–water partition coefficient (Wildman–Crippen LogP) is 8.17. The minimum atomic E-state index is -1.83. The number of hydrogen-bond donors (Lipinski definition) is 1. The van der Waals surface area contributed by atoms with E-state index in [9.17, 15) is 9.90 Å². The molecule has 0 amide bonds. The molecule has 298 valence electrons. The van der Waals surface area contributed by atoms with Gasteiger partial charge < -0.3 is 42.4 Å². The average Bonchev–Trinajstić information content (AvgIpc) is 3.74. The fourth-order valence-corrected chi connectivity index (χ4v) is 9.99. The summed E-state index contributed by atoms with van der Waals surface area (Å²) >= 11 is 0. The summed E-state index contributed by atoms with van der Waals surface area (Å²) < 4.78 is 48.5. The molecule has 0 aromatic heterocycles. The van der Waals surface area contributed by atoms with E-state index < -0.39 is 22.9 Å². The van der Waals surface area contributed by atoms with Gasteiger partial charge in [-0.2, -0.15) is 0 Å². The largest absolute Gasteiger partial charge is 0.462 e. The van der Waals surface area contributed by atoms with Crippen LogP contribution in [0.3, 0.4) is 0 Å². The molecular formula is C39H74O10Si2. The zero-order valence-corrected chi connectivity index (χ0v) is 34.9. The number of esters is 1. The first-order valence-electron chi connectivity index (χ1n) is 19.7. The zero-order valence-electron chi connectivity index (χ0n) is 32.9. The summed E-state index contributed by atoms with van der Waals surface area (Å²) in [7, 11) is -3.63. The van der Waals surface area contributed by atoms with Crippen LogP contribution in [0.15, 0.2) is 0 Å². The van der Waals surface area contributed by atoms with Crippen molar-refractivity contribution in [1.82, 2.24) is 0 Å². The van der Waals surface area contributed by atoms with Gasteiger partial charge in [0.05, 0.1) is 24.7 Å². The highest BCUT2D eigenvalue weighted by molar-refractivity contribution is 6.74. The van der Waals surface area contributed by atoms with Crippen molar-refractivity contribution in [3.63, 3.8) is 0 Å². The van der Waals surface area contributed by atoms with Crippen LogP contribution in [0, 0.1) is 23.7 Å². The lowest BCUT2D eigenvalue weighted by atomic mass is 9.93.